The fraction of sp³-hybridized carbons (Fsp3) is 0.278. The van der Waals surface area contributed by atoms with Crippen LogP contribution in [0.5, 0.6) is 5.75 Å². The van der Waals surface area contributed by atoms with Crippen molar-refractivity contribution in [3.8, 4) is 5.75 Å². The van der Waals surface area contributed by atoms with Gasteiger partial charge in [0.2, 0.25) is 0 Å². The van der Waals surface area contributed by atoms with Gasteiger partial charge in [0.05, 0.1) is 29.0 Å². The molecule has 7 nitrogen and oxygen atoms in total. The van der Waals surface area contributed by atoms with Gasteiger partial charge in [0, 0.05) is 20.3 Å². The van der Waals surface area contributed by atoms with Crippen molar-refractivity contribution < 1.29 is 22.7 Å². The number of nitrogens with zero attached hydrogens (tertiary/aromatic N) is 5. The average molecular weight is 428 g/mol. The zero-order valence-corrected chi connectivity index (χ0v) is 16.3. The van der Waals surface area contributed by atoms with Crippen LogP contribution in [0.25, 0.3) is 0 Å². The van der Waals surface area contributed by atoms with Crippen LogP contribution in [-0.2, 0) is 26.5 Å². The van der Waals surface area contributed by atoms with Gasteiger partial charge in [0.15, 0.2) is 12.4 Å². The summed E-state index contributed by atoms with van der Waals surface area (Å²) >= 11 is 6.05. The van der Waals surface area contributed by atoms with Crippen LogP contribution in [0.2, 0.25) is 5.02 Å². The SMILES string of the molecule is CN(Cc1c(Cl)cnn1C)C(=O)c1ccn(COc2cccc(C(F)(F)F)c2)n1. The van der Waals surface area contributed by atoms with Crippen molar-refractivity contribution >= 4 is 17.5 Å². The molecule has 29 heavy (non-hydrogen) atoms. The quantitative estimate of drug-likeness (QED) is 0.603. The molecular formula is C18H17ClF3N5O2. The smallest absolute Gasteiger partial charge is 0.416 e. The lowest BCUT2D eigenvalue weighted by Crippen LogP contribution is -2.28. The zero-order valence-electron chi connectivity index (χ0n) is 15.5. The second kappa shape index (κ2) is 8.16. The molecule has 0 aliphatic rings. The molecule has 3 rings (SSSR count). The van der Waals surface area contributed by atoms with Crippen LogP contribution in [-0.4, -0.2) is 37.4 Å². The first kappa shape index (κ1) is 20.7. The molecule has 11 heteroatoms. The van der Waals surface area contributed by atoms with Crippen LogP contribution in [0.3, 0.4) is 0 Å². The van der Waals surface area contributed by atoms with Crippen LogP contribution in [0.4, 0.5) is 13.2 Å². The van der Waals surface area contributed by atoms with E-state index in [2.05, 4.69) is 10.2 Å². The molecule has 0 saturated heterocycles. The topological polar surface area (TPSA) is 65.2 Å². The number of hydrogen-bond acceptors (Lipinski definition) is 4. The Hall–Kier alpha value is -3.01. The predicted molar refractivity (Wildman–Crippen MR) is 98.3 cm³/mol. The van der Waals surface area contributed by atoms with Crippen LogP contribution in [0.15, 0.2) is 42.7 Å². The molecule has 0 radical (unpaired) electrons. The minimum atomic E-state index is -4.45. The van der Waals surface area contributed by atoms with Gasteiger partial charge in [0.25, 0.3) is 5.91 Å². The summed E-state index contributed by atoms with van der Waals surface area (Å²) in [7, 11) is 3.32. The summed E-state index contributed by atoms with van der Waals surface area (Å²) < 4.78 is 46.5. The number of amides is 1. The van der Waals surface area contributed by atoms with Gasteiger partial charge in [-0.2, -0.15) is 23.4 Å². The molecule has 2 aromatic heterocycles. The Morgan fingerprint density at radius 3 is 2.72 bits per heavy atom. The van der Waals surface area contributed by atoms with Crippen LogP contribution in [0, 0.1) is 0 Å². The van der Waals surface area contributed by atoms with E-state index in [-0.39, 0.29) is 30.6 Å². The Balaban J connectivity index is 1.62. The molecule has 1 aromatic carbocycles. The number of carbonyl (C=O) groups excluding carboxylic acids is 1. The molecule has 0 atom stereocenters. The van der Waals surface area contributed by atoms with Crippen molar-refractivity contribution in [3.63, 3.8) is 0 Å². The average Bonchev–Trinajstić information content (AvgIpc) is 3.27. The van der Waals surface area contributed by atoms with E-state index in [9.17, 15) is 18.0 Å². The summed E-state index contributed by atoms with van der Waals surface area (Å²) in [6.45, 7) is 0.0909. The van der Waals surface area contributed by atoms with Gasteiger partial charge in [-0.15, -0.1) is 0 Å². The maximum atomic E-state index is 12.8. The van der Waals surface area contributed by atoms with Crippen LogP contribution >= 0.6 is 11.6 Å². The lowest BCUT2D eigenvalue weighted by Gasteiger charge is -2.16. The second-order valence-electron chi connectivity index (χ2n) is 6.26. The van der Waals surface area contributed by atoms with E-state index in [1.54, 1.807) is 18.8 Å². The summed E-state index contributed by atoms with van der Waals surface area (Å²) in [6.07, 6.45) is -1.45. The van der Waals surface area contributed by atoms with Crippen molar-refractivity contribution in [1.29, 1.82) is 0 Å². The number of aromatic nitrogens is 4. The number of rotatable bonds is 6. The van der Waals surface area contributed by atoms with Crippen molar-refractivity contribution in [2.45, 2.75) is 19.5 Å². The summed E-state index contributed by atoms with van der Waals surface area (Å²) in [5, 5.41) is 8.59. The highest BCUT2D eigenvalue weighted by molar-refractivity contribution is 6.31. The standard InChI is InChI=1S/C18H17ClF3N5O2/c1-25(10-16-14(19)9-23-26(16)2)17(28)15-6-7-27(24-15)11-29-13-5-3-4-12(8-13)18(20,21)22/h3-9H,10-11H2,1-2H3. The van der Waals surface area contributed by atoms with E-state index in [0.717, 1.165) is 12.1 Å². The molecule has 3 aromatic rings. The fourth-order valence-electron chi connectivity index (χ4n) is 2.56. The third kappa shape index (κ3) is 4.89. The third-order valence-electron chi connectivity index (χ3n) is 4.13. The Kier molecular flexibility index (Phi) is 5.83. The number of hydrogen-bond donors (Lipinski definition) is 0. The molecule has 0 N–H and O–H groups in total. The first-order valence-electron chi connectivity index (χ1n) is 8.40. The first-order valence-corrected chi connectivity index (χ1v) is 8.78. The largest absolute Gasteiger partial charge is 0.471 e. The summed E-state index contributed by atoms with van der Waals surface area (Å²) in [5.74, 6) is -0.300. The third-order valence-corrected chi connectivity index (χ3v) is 4.44. The highest BCUT2D eigenvalue weighted by Crippen LogP contribution is 2.31. The zero-order chi connectivity index (χ0) is 21.2. The fourth-order valence-corrected chi connectivity index (χ4v) is 2.78. The van der Waals surface area contributed by atoms with E-state index in [1.165, 1.54) is 40.2 Å². The number of benzene rings is 1. The summed E-state index contributed by atoms with van der Waals surface area (Å²) in [4.78, 5) is 14.0. The molecule has 0 saturated carbocycles. The highest BCUT2D eigenvalue weighted by Gasteiger charge is 2.30. The minimum absolute atomic E-state index is 0.0474. The van der Waals surface area contributed by atoms with E-state index < -0.39 is 11.7 Å². The van der Waals surface area contributed by atoms with E-state index in [0.29, 0.717) is 10.7 Å². The maximum absolute atomic E-state index is 12.8. The molecular weight excluding hydrogens is 411 g/mol. The summed E-state index contributed by atoms with van der Waals surface area (Å²) in [5.41, 5.74) is 0.0371. The van der Waals surface area contributed by atoms with Gasteiger partial charge in [0.1, 0.15) is 5.75 Å². The molecule has 0 aliphatic carbocycles. The van der Waals surface area contributed by atoms with Crippen molar-refractivity contribution in [3.05, 3.63) is 64.7 Å². The minimum Gasteiger partial charge on any atom is -0.471 e. The molecule has 0 bridgehead atoms. The van der Waals surface area contributed by atoms with Crippen molar-refractivity contribution in [2.75, 3.05) is 7.05 Å². The Labute approximate surface area is 169 Å². The monoisotopic (exact) mass is 427 g/mol. The van der Waals surface area contributed by atoms with Gasteiger partial charge in [-0.25, -0.2) is 4.68 Å². The van der Waals surface area contributed by atoms with Crippen molar-refractivity contribution in [1.82, 2.24) is 24.5 Å². The number of halogens is 4. The lowest BCUT2D eigenvalue weighted by molar-refractivity contribution is -0.137. The summed E-state index contributed by atoms with van der Waals surface area (Å²) in [6, 6.07) is 6.03. The van der Waals surface area contributed by atoms with Crippen LogP contribution in [0.1, 0.15) is 21.7 Å². The highest BCUT2D eigenvalue weighted by atomic mass is 35.5. The van der Waals surface area contributed by atoms with E-state index in [1.807, 2.05) is 0 Å². The van der Waals surface area contributed by atoms with Gasteiger partial charge < -0.3 is 9.64 Å². The van der Waals surface area contributed by atoms with Gasteiger partial charge in [-0.05, 0) is 24.3 Å². The molecule has 1 amide bonds. The number of aryl methyl sites for hydroxylation is 1. The molecule has 2 heterocycles. The molecule has 0 unspecified atom stereocenters. The Morgan fingerprint density at radius 1 is 1.31 bits per heavy atom. The maximum Gasteiger partial charge on any atom is 0.416 e. The normalized spacial score (nSPS) is 11.5. The number of alkyl halides is 3. The van der Waals surface area contributed by atoms with Crippen LogP contribution < -0.4 is 4.74 Å². The Bertz CT molecular complexity index is 996. The van der Waals surface area contributed by atoms with Crippen molar-refractivity contribution in [2.24, 2.45) is 7.05 Å². The van der Waals surface area contributed by atoms with Gasteiger partial charge in [-0.3, -0.25) is 9.48 Å². The first-order chi connectivity index (χ1) is 13.6. The predicted octanol–water partition coefficient (Wildman–Crippen LogP) is 3.60. The number of carbonyl (C=O) groups is 1. The van der Waals surface area contributed by atoms with Gasteiger partial charge in [-0.1, -0.05) is 17.7 Å². The molecule has 0 aliphatic heterocycles. The molecule has 0 spiro atoms. The number of ether oxygens (including phenoxy) is 1. The van der Waals surface area contributed by atoms with E-state index in [4.69, 9.17) is 16.3 Å². The second-order valence-corrected chi connectivity index (χ2v) is 6.67. The molecule has 154 valence electrons. The van der Waals surface area contributed by atoms with Gasteiger partial charge >= 0.3 is 6.18 Å². The lowest BCUT2D eigenvalue weighted by atomic mass is 10.2. The van der Waals surface area contributed by atoms with E-state index >= 15 is 0 Å². The Morgan fingerprint density at radius 2 is 2.07 bits per heavy atom. The molecule has 0 fully saturated rings.